The van der Waals surface area contributed by atoms with Crippen molar-refractivity contribution in [3.63, 3.8) is 0 Å². The SMILES string of the molecule is CC[C@@H](C)NC(=O)[C@H](CC)N(CCc1ccccc1)C(=O)CN(c1cccc(Cl)c1)S(=O)(=O)c1ccc(Cl)cc1. The van der Waals surface area contributed by atoms with E-state index in [1.54, 1.807) is 18.2 Å². The quantitative estimate of drug-likeness (QED) is 0.261. The van der Waals surface area contributed by atoms with Gasteiger partial charge in [0.25, 0.3) is 10.0 Å². The van der Waals surface area contributed by atoms with Gasteiger partial charge in [0.1, 0.15) is 12.6 Å². The van der Waals surface area contributed by atoms with Crippen LogP contribution in [0.5, 0.6) is 0 Å². The first-order valence-electron chi connectivity index (χ1n) is 13.2. The molecule has 2 amide bonds. The van der Waals surface area contributed by atoms with Crippen molar-refractivity contribution in [2.45, 2.75) is 57.0 Å². The highest BCUT2D eigenvalue weighted by atomic mass is 35.5. The Morgan fingerprint density at radius 2 is 1.55 bits per heavy atom. The van der Waals surface area contributed by atoms with E-state index in [9.17, 15) is 18.0 Å². The number of carbonyl (C=O) groups excluding carboxylic acids is 2. The molecule has 10 heteroatoms. The van der Waals surface area contributed by atoms with E-state index >= 15 is 0 Å². The number of hydrogen-bond acceptors (Lipinski definition) is 4. The van der Waals surface area contributed by atoms with Gasteiger partial charge in [0.15, 0.2) is 0 Å². The van der Waals surface area contributed by atoms with Crippen LogP contribution in [0.3, 0.4) is 0 Å². The van der Waals surface area contributed by atoms with E-state index in [0.29, 0.717) is 22.9 Å². The summed E-state index contributed by atoms with van der Waals surface area (Å²) in [5.41, 5.74) is 1.23. The van der Waals surface area contributed by atoms with Crippen molar-refractivity contribution in [1.29, 1.82) is 0 Å². The lowest BCUT2D eigenvalue weighted by molar-refractivity contribution is -0.139. The van der Waals surface area contributed by atoms with Gasteiger partial charge in [-0.1, -0.05) is 73.4 Å². The van der Waals surface area contributed by atoms with E-state index in [1.807, 2.05) is 51.1 Å². The number of benzene rings is 3. The summed E-state index contributed by atoms with van der Waals surface area (Å²) in [4.78, 5) is 28.8. The zero-order chi connectivity index (χ0) is 29.3. The van der Waals surface area contributed by atoms with Crippen molar-refractivity contribution < 1.29 is 18.0 Å². The summed E-state index contributed by atoms with van der Waals surface area (Å²) in [6.07, 6.45) is 1.60. The van der Waals surface area contributed by atoms with Gasteiger partial charge in [0, 0.05) is 22.6 Å². The third-order valence-electron chi connectivity index (χ3n) is 6.65. The topological polar surface area (TPSA) is 86.8 Å². The molecule has 0 heterocycles. The zero-order valence-electron chi connectivity index (χ0n) is 22.9. The first kappa shape index (κ1) is 31.5. The van der Waals surface area contributed by atoms with Crippen molar-refractivity contribution in [3.05, 3.63) is 94.5 Å². The largest absolute Gasteiger partial charge is 0.352 e. The van der Waals surface area contributed by atoms with Gasteiger partial charge in [0.2, 0.25) is 11.8 Å². The van der Waals surface area contributed by atoms with Gasteiger partial charge in [-0.25, -0.2) is 8.42 Å². The first-order chi connectivity index (χ1) is 19.1. The van der Waals surface area contributed by atoms with Crippen LogP contribution in [0.15, 0.2) is 83.8 Å². The van der Waals surface area contributed by atoms with E-state index in [0.717, 1.165) is 16.3 Å². The molecule has 2 atom stereocenters. The van der Waals surface area contributed by atoms with Crippen molar-refractivity contribution in [3.8, 4) is 0 Å². The van der Waals surface area contributed by atoms with Gasteiger partial charge in [-0.15, -0.1) is 0 Å². The Bertz CT molecular complexity index is 1390. The molecule has 214 valence electrons. The van der Waals surface area contributed by atoms with Crippen LogP contribution in [-0.2, 0) is 26.0 Å². The Hall–Kier alpha value is -3.07. The van der Waals surface area contributed by atoms with Gasteiger partial charge in [-0.2, -0.15) is 0 Å². The number of nitrogens with zero attached hydrogens (tertiary/aromatic N) is 2. The minimum atomic E-state index is -4.19. The van der Waals surface area contributed by atoms with Crippen molar-refractivity contribution in [2.24, 2.45) is 0 Å². The second-order valence-corrected chi connectivity index (χ2v) is 12.2. The Balaban J connectivity index is 2.01. The van der Waals surface area contributed by atoms with Gasteiger partial charge in [-0.3, -0.25) is 13.9 Å². The summed E-state index contributed by atoms with van der Waals surface area (Å²) in [7, 11) is -4.19. The van der Waals surface area contributed by atoms with Crippen LogP contribution >= 0.6 is 23.2 Å². The van der Waals surface area contributed by atoms with Crippen LogP contribution < -0.4 is 9.62 Å². The standard InChI is InChI=1S/C30H35Cl2N3O4S/c1-4-22(3)33-30(37)28(5-2)34(19-18-23-10-7-6-8-11-23)29(36)21-35(26-13-9-12-25(32)20-26)40(38,39)27-16-14-24(31)15-17-27/h6-17,20,22,28H,4-5,18-19,21H2,1-3H3,(H,33,37)/t22-,28+/m1/s1. The number of amides is 2. The highest BCUT2D eigenvalue weighted by molar-refractivity contribution is 7.92. The molecule has 0 unspecified atom stereocenters. The lowest BCUT2D eigenvalue weighted by Crippen LogP contribution is -2.54. The summed E-state index contributed by atoms with van der Waals surface area (Å²) in [6.45, 7) is 5.42. The molecule has 0 radical (unpaired) electrons. The third kappa shape index (κ3) is 8.22. The van der Waals surface area contributed by atoms with E-state index < -0.39 is 28.5 Å². The summed E-state index contributed by atoms with van der Waals surface area (Å²) in [6, 6.07) is 20.8. The van der Waals surface area contributed by atoms with Gasteiger partial charge >= 0.3 is 0 Å². The Morgan fingerprint density at radius 1 is 0.875 bits per heavy atom. The maximum absolute atomic E-state index is 14.0. The maximum atomic E-state index is 14.0. The monoisotopic (exact) mass is 603 g/mol. The highest BCUT2D eigenvalue weighted by Gasteiger charge is 2.33. The zero-order valence-corrected chi connectivity index (χ0v) is 25.2. The molecular weight excluding hydrogens is 569 g/mol. The summed E-state index contributed by atoms with van der Waals surface area (Å²) >= 11 is 12.2. The molecule has 0 aromatic heterocycles. The maximum Gasteiger partial charge on any atom is 0.264 e. The Morgan fingerprint density at radius 3 is 2.15 bits per heavy atom. The molecule has 0 fully saturated rings. The van der Waals surface area contributed by atoms with Crippen LogP contribution in [0.4, 0.5) is 5.69 Å². The number of carbonyl (C=O) groups is 2. The predicted octanol–water partition coefficient (Wildman–Crippen LogP) is 5.95. The Kier molecular flexibility index (Phi) is 11.4. The summed E-state index contributed by atoms with van der Waals surface area (Å²) < 4.78 is 28.7. The van der Waals surface area contributed by atoms with Crippen LogP contribution in [0.25, 0.3) is 0 Å². The molecule has 7 nitrogen and oxygen atoms in total. The molecule has 0 aliphatic carbocycles. The van der Waals surface area contributed by atoms with Gasteiger partial charge in [0.05, 0.1) is 10.6 Å². The van der Waals surface area contributed by atoms with Gasteiger partial charge < -0.3 is 10.2 Å². The second kappa shape index (κ2) is 14.5. The number of sulfonamides is 1. The first-order valence-corrected chi connectivity index (χ1v) is 15.4. The average molecular weight is 605 g/mol. The number of anilines is 1. The lowest BCUT2D eigenvalue weighted by atomic mass is 10.1. The van der Waals surface area contributed by atoms with Crippen LogP contribution in [-0.4, -0.2) is 50.3 Å². The molecule has 0 aliphatic heterocycles. The van der Waals surface area contributed by atoms with Crippen LogP contribution in [0.2, 0.25) is 10.0 Å². The van der Waals surface area contributed by atoms with Crippen molar-refractivity contribution in [1.82, 2.24) is 10.2 Å². The van der Waals surface area contributed by atoms with Crippen molar-refractivity contribution in [2.75, 3.05) is 17.4 Å². The normalized spacial score (nSPS) is 12.8. The number of nitrogens with one attached hydrogen (secondary N) is 1. The molecule has 3 aromatic rings. The molecule has 3 rings (SSSR count). The molecule has 0 saturated heterocycles. The highest BCUT2D eigenvalue weighted by Crippen LogP contribution is 2.27. The number of rotatable bonds is 13. The van der Waals surface area contributed by atoms with Crippen molar-refractivity contribution >= 4 is 50.7 Å². The second-order valence-electron chi connectivity index (χ2n) is 9.51. The molecule has 40 heavy (non-hydrogen) atoms. The molecule has 3 aromatic carbocycles. The molecule has 0 bridgehead atoms. The van der Waals surface area contributed by atoms with E-state index in [4.69, 9.17) is 23.2 Å². The minimum Gasteiger partial charge on any atom is -0.352 e. The van der Waals surface area contributed by atoms with Crippen LogP contribution in [0.1, 0.15) is 39.2 Å². The molecule has 0 saturated carbocycles. The number of halogens is 2. The minimum absolute atomic E-state index is 0.0259. The summed E-state index contributed by atoms with van der Waals surface area (Å²) in [5.74, 6) is -0.771. The Labute approximate surface area is 247 Å². The fourth-order valence-corrected chi connectivity index (χ4v) is 5.95. The number of hydrogen-bond donors (Lipinski definition) is 1. The fourth-order valence-electron chi connectivity index (χ4n) is 4.23. The van der Waals surface area contributed by atoms with E-state index in [2.05, 4.69) is 5.32 Å². The van der Waals surface area contributed by atoms with Crippen LogP contribution in [0, 0.1) is 0 Å². The average Bonchev–Trinajstić information content (AvgIpc) is 2.94. The third-order valence-corrected chi connectivity index (χ3v) is 8.92. The predicted molar refractivity (Wildman–Crippen MR) is 161 cm³/mol. The van der Waals surface area contributed by atoms with E-state index in [1.165, 1.54) is 35.2 Å². The lowest BCUT2D eigenvalue weighted by Gasteiger charge is -2.33. The molecular formula is C30H35Cl2N3O4S. The van der Waals surface area contributed by atoms with E-state index in [-0.39, 0.29) is 29.1 Å². The fraction of sp³-hybridized carbons (Fsp3) is 0.333. The molecule has 0 aliphatic rings. The molecule has 1 N–H and O–H groups in total. The molecule has 0 spiro atoms. The smallest absolute Gasteiger partial charge is 0.264 e. The summed E-state index contributed by atoms with van der Waals surface area (Å²) in [5, 5.41) is 3.68. The van der Waals surface area contributed by atoms with Gasteiger partial charge in [-0.05, 0) is 74.2 Å².